The molecule has 3 atom stereocenters. The molecule has 29 heavy (non-hydrogen) atoms. The Morgan fingerprint density at radius 1 is 1.41 bits per heavy atom. The zero-order valence-corrected chi connectivity index (χ0v) is 17.1. The van der Waals surface area contributed by atoms with Gasteiger partial charge < -0.3 is 20.5 Å². The predicted molar refractivity (Wildman–Crippen MR) is 111 cm³/mol. The van der Waals surface area contributed by atoms with Gasteiger partial charge in [0.1, 0.15) is 6.23 Å². The van der Waals surface area contributed by atoms with Gasteiger partial charge in [0.15, 0.2) is 11.2 Å². The molecular formula is C19H31N7O3. The van der Waals surface area contributed by atoms with Crippen molar-refractivity contribution in [1.29, 1.82) is 0 Å². The molecule has 3 rings (SSSR count). The number of H-pyrrole nitrogens is 1. The number of aliphatic imine (C=N–C) groups is 1. The van der Waals surface area contributed by atoms with Gasteiger partial charge in [-0.1, -0.05) is 26.7 Å². The van der Waals surface area contributed by atoms with E-state index in [0.717, 1.165) is 38.8 Å². The highest BCUT2D eigenvalue weighted by atomic mass is 16.5. The lowest BCUT2D eigenvalue weighted by Gasteiger charge is -2.18. The Morgan fingerprint density at radius 2 is 2.14 bits per heavy atom. The minimum Gasteiger partial charge on any atom is -0.390 e. The fourth-order valence-corrected chi connectivity index (χ4v) is 3.37. The number of hydrogen-bond donors (Lipinski definition) is 3. The van der Waals surface area contributed by atoms with Crippen molar-refractivity contribution in [2.45, 2.75) is 64.4 Å². The van der Waals surface area contributed by atoms with Crippen LogP contribution in [0.3, 0.4) is 0 Å². The second kappa shape index (κ2) is 9.95. The molecule has 2 aromatic heterocycles. The summed E-state index contributed by atoms with van der Waals surface area (Å²) < 4.78 is 7.45. The van der Waals surface area contributed by atoms with E-state index >= 15 is 0 Å². The molecule has 160 valence electrons. The van der Waals surface area contributed by atoms with E-state index in [9.17, 15) is 9.90 Å². The van der Waals surface area contributed by atoms with Crippen LogP contribution in [-0.2, 0) is 4.74 Å². The van der Waals surface area contributed by atoms with Gasteiger partial charge in [0, 0.05) is 26.1 Å². The van der Waals surface area contributed by atoms with Crippen molar-refractivity contribution in [1.82, 2.24) is 24.4 Å². The number of aromatic amines is 1. The van der Waals surface area contributed by atoms with Gasteiger partial charge in [-0.05, 0) is 12.8 Å². The molecule has 1 aliphatic rings. The van der Waals surface area contributed by atoms with E-state index in [1.165, 1.54) is 6.33 Å². The molecule has 1 fully saturated rings. The van der Waals surface area contributed by atoms with Crippen LogP contribution in [0.4, 0.5) is 5.95 Å². The maximum Gasteiger partial charge on any atom is 0.280 e. The van der Waals surface area contributed by atoms with E-state index < -0.39 is 18.4 Å². The summed E-state index contributed by atoms with van der Waals surface area (Å²) in [7, 11) is 0. The fraction of sp³-hybridized carbons (Fsp3) is 0.684. The normalized spacial score (nSPS) is 22.1. The van der Waals surface area contributed by atoms with Gasteiger partial charge in [-0.3, -0.25) is 14.3 Å². The summed E-state index contributed by atoms with van der Waals surface area (Å²) in [5, 5.41) is 10.1. The quantitative estimate of drug-likeness (QED) is 0.400. The van der Waals surface area contributed by atoms with Crippen molar-refractivity contribution in [2.75, 3.05) is 19.6 Å². The number of ether oxygens (including phenoxy) is 1. The van der Waals surface area contributed by atoms with Gasteiger partial charge in [-0.15, -0.1) is 0 Å². The number of hydrogen-bond acceptors (Lipinski definition) is 7. The van der Waals surface area contributed by atoms with E-state index in [-0.39, 0.29) is 23.6 Å². The lowest BCUT2D eigenvalue weighted by molar-refractivity contribution is -0.0115. The molecule has 3 heterocycles. The molecule has 1 saturated heterocycles. The second-order valence-electron chi connectivity index (χ2n) is 7.37. The van der Waals surface area contributed by atoms with Gasteiger partial charge in [0.25, 0.3) is 5.56 Å². The highest BCUT2D eigenvalue weighted by Crippen LogP contribution is 2.30. The molecular weight excluding hydrogens is 374 g/mol. The van der Waals surface area contributed by atoms with Crippen molar-refractivity contribution >= 4 is 23.5 Å². The Bertz CT molecular complexity index is 870. The second-order valence-corrected chi connectivity index (χ2v) is 7.37. The molecule has 1 aliphatic heterocycles. The monoisotopic (exact) mass is 405 g/mol. The smallest absolute Gasteiger partial charge is 0.280 e. The van der Waals surface area contributed by atoms with Gasteiger partial charge >= 0.3 is 0 Å². The third-order valence-corrected chi connectivity index (χ3v) is 5.11. The Kier molecular flexibility index (Phi) is 7.34. The summed E-state index contributed by atoms with van der Waals surface area (Å²) in [6, 6.07) is 0. The van der Waals surface area contributed by atoms with E-state index in [1.54, 1.807) is 10.9 Å². The molecule has 4 N–H and O–H groups in total. The predicted octanol–water partition coefficient (Wildman–Crippen LogP) is 1.29. The lowest BCUT2D eigenvalue weighted by atomic mass is 10.2. The van der Waals surface area contributed by atoms with Gasteiger partial charge in [0.2, 0.25) is 5.95 Å². The van der Waals surface area contributed by atoms with Gasteiger partial charge in [-0.25, -0.2) is 9.98 Å². The number of rotatable bonds is 10. The van der Waals surface area contributed by atoms with Crippen LogP contribution in [0.15, 0.2) is 16.1 Å². The molecule has 10 heteroatoms. The van der Waals surface area contributed by atoms with E-state index in [4.69, 9.17) is 10.5 Å². The Balaban J connectivity index is 1.85. The van der Waals surface area contributed by atoms with Crippen molar-refractivity contribution < 1.29 is 9.84 Å². The van der Waals surface area contributed by atoms with Crippen molar-refractivity contribution in [3.8, 4) is 0 Å². The maximum atomic E-state index is 12.4. The molecule has 0 radical (unpaired) electrons. The highest BCUT2D eigenvalue weighted by Gasteiger charge is 2.35. The number of aliphatic hydroxyl groups is 1. The van der Waals surface area contributed by atoms with Gasteiger partial charge in [0.05, 0.1) is 24.9 Å². The third kappa shape index (κ3) is 5.01. The van der Waals surface area contributed by atoms with E-state index in [0.29, 0.717) is 12.1 Å². The number of unbranched alkanes of at least 4 members (excludes halogenated alkanes) is 2. The Hall–Kier alpha value is -2.30. The summed E-state index contributed by atoms with van der Waals surface area (Å²) in [4.78, 5) is 30.3. The van der Waals surface area contributed by atoms with Crippen LogP contribution < -0.4 is 11.3 Å². The summed E-state index contributed by atoms with van der Waals surface area (Å²) in [5.74, 6) is 0.219. The molecule has 0 amide bonds. The number of nitrogens with one attached hydrogen (secondary N) is 1. The molecule has 0 saturated carbocycles. The first kappa shape index (κ1) is 21.4. The van der Waals surface area contributed by atoms with Crippen molar-refractivity contribution in [3.63, 3.8) is 0 Å². The molecule has 0 aromatic carbocycles. The fourth-order valence-electron chi connectivity index (χ4n) is 3.37. The number of nitrogens with two attached hydrogens (primary N) is 1. The van der Waals surface area contributed by atoms with Crippen LogP contribution in [0.1, 0.15) is 52.2 Å². The Labute approximate surface area is 169 Å². The van der Waals surface area contributed by atoms with Crippen LogP contribution in [0.5, 0.6) is 0 Å². The molecule has 0 spiro atoms. The van der Waals surface area contributed by atoms with E-state index in [2.05, 4.69) is 38.7 Å². The van der Waals surface area contributed by atoms with Gasteiger partial charge in [-0.2, -0.15) is 4.98 Å². The van der Waals surface area contributed by atoms with Crippen molar-refractivity contribution in [3.05, 3.63) is 16.7 Å². The molecule has 10 nitrogen and oxygen atoms in total. The average molecular weight is 406 g/mol. The third-order valence-electron chi connectivity index (χ3n) is 5.11. The minimum absolute atomic E-state index is 0.215. The Morgan fingerprint density at radius 3 is 2.76 bits per heavy atom. The number of nitrogens with zero attached hydrogens (tertiary/aromatic N) is 5. The first-order valence-corrected chi connectivity index (χ1v) is 10.4. The van der Waals surface area contributed by atoms with Crippen LogP contribution in [0, 0.1) is 0 Å². The molecule has 0 unspecified atom stereocenters. The van der Waals surface area contributed by atoms with Crippen LogP contribution in [-0.4, -0.2) is 67.7 Å². The van der Waals surface area contributed by atoms with Crippen LogP contribution >= 0.6 is 0 Å². The highest BCUT2D eigenvalue weighted by molar-refractivity contribution is 5.71. The zero-order valence-electron chi connectivity index (χ0n) is 17.1. The summed E-state index contributed by atoms with van der Waals surface area (Å²) in [6.07, 6.45) is 6.41. The average Bonchev–Trinajstić information content (AvgIpc) is 3.30. The number of aliphatic hydroxyl groups excluding tert-OH is 1. The molecule has 0 aliphatic carbocycles. The number of fused-ring (bicyclic) bond motifs is 1. The van der Waals surface area contributed by atoms with Crippen LogP contribution in [0.25, 0.3) is 11.2 Å². The summed E-state index contributed by atoms with van der Waals surface area (Å²) in [6.45, 7) is 6.36. The molecule has 0 bridgehead atoms. The van der Waals surface area contributed by atoms with Crippen molar-refractivity contribution in [2.24, 2.45) is 10.7 Å². The first-order chi connectivity index (χ1) is 14.1. The zero-order chi connectivity index (χ0) is 20.8. The first-order valence-electron chi connectivity index (χ1n) is 10.4. The lowest BCUT2D eigenvalue weighted by Crippen LogP contribution is -2.29. The largest absolute Gasteiger partial charge is 0.390 e. The SMILES string of the molecule is CCCCN(/C=N/c1nc2c(ncn2[C@H]2C[C@H](O)[C@@H](CN)O2)c(=O)[nH]1)CCCC. The van der Waals surface area contributed by atoms with Crippen LogP contribution in [0.2, 0.25) is 0 Å². The van der Waals surface area contributed by atoms with E-state index in [1.807, 2.05) is 0 Å². The maximum absolute atomic E-state index is 12.4. The topological polar surface area (TPSA) is 135 Å². The standard InChI is InChI=1S/C19H31N7O3/c1-3-5-7-25(8-6-4-2)11-22-19-23-17-16(18(28)24-19)21-12-26(17)15-9-13(27)14(10-20)29-15/h11-15,27H,3-10,20H2,1-2H3,(H,23,24,28)/b22-11+/t13-,14+,15+/m0/s1. The number of imidazole rings is 1. The summed E-state index contributed by atoms with van der Waals surface area (Å²) >= 11 is 0. The minimum atomic E-state index is -0.660. The number of aromatic nitrogens is 4. The summed E-state index contributed by atoms with van der Waals surface area (Å²) in [5.41, 5.74) is 5.87. The molecule has 2 aromatic rings.